The van der Waals surface area contributed by atoms with Crippen LogP contribution in [0.25, 0.3) is 0 Å². The normalized spacial score (nSPS) is 15.9. The molecule has 0 spiro atoms. The number of rotatable bonds is 6. The molecule has 0 aliphatic carbocycles. The number of nitrogens with zero attached hydrogens (tertiary/aromatic N) is 4. The number of likely N-dealkylation sites (tertiary alicyclic amines) is 1. The predicted molar refractivity (Wildman–Crippen MR) is 88.2 cm³/mol. The largest absolute Gasteiger partial charge is 0.395 e. The Hall–Kier alpha value is -1.11. The second kappa shape index (κ2) is 9.12. The third-order valence-electron chi connectivity index (χ3n) is 4.25. The van der Waals surface area contributed by atoms with E-state index in [2.05, 4.69) is 24.0 Å². The topological polar surface area (TPSA) is 61.6 Å². The Morgan fingerprint density at radius 1 is 1.41 bits per heavy atom. The molecule has 0 atom stereocenters. The van der Waals surface area contributed by atoms with E-state index in [0.29, 0.717) is 25.4 Å². The average Bonchev–Trinajstić information content (AvgIpc) is 2.92. The molecule has 0 radical (unpaired) electrons. The molecule has 1 saturated heterocycles. The Morgan fingerprint density at radius 2 is 2.09 bits per heavy atom. The molecule has 2 heterocycles. The molecule has 1 aromatic heterocycles. The first-order valence-corrected chi connectivity index (χ1v) is 7.67. The summed E-state index contributed by atoms with van der Waals surface area (Å²) in [6.07, 6.45) is 6.81. The summed E-state index contributed by atoms with van der Waals surface area (Å²) in [6.45, 7) is 2.34. The Bertz CT molecular complexity index is 456. The smallest absolute Gasteiger partial charge is 0.223 e. The van der Waals surface area contributed by atoms with Gasteiger partial charge in [-0.3, -0.25) is 4.79 Å². The Labute approximate surface area is 138 Å². The standard InChI is InChI=1S/C15H26N4O2.ClH/c1-17(2)13-5-8-19(9-6-13)15(21)4-3-14-16-7-10-18(14)11-12-20;/h7,10,13,20H,3-6,8-9,11-12H2,1-2H3;1H. The van der Waals surface area contributed by atoms with Gasteiger partial charge in [0.05, 0.1) is 6.61 Å². The van der Waals surface area contributed by atoms with Gasteiger partial charge in [0.25, 0.3) is 0 Å². The van der Waals surface area contributed by atoms with Crippen molar-refractivity contribution in [3.8, 4) is 0 Å². The summed E-state index contributed by atoms with van der Waals surface area (Å²) in [4.78, 5) is 20.7. The summed E-state index contributed by atoms with van der Waals surface area (Å²) in [5.41, 5.74) is 0. The lowest BCUT2D eigenvalue weighted by molar-refractivity contribution is -0.132. The van der Waals surface area contributed by atoms with Gasteiger partial charge in [-0.15, -0.1) is 12.4 Å². The van der Waals surface area contributed by atoms with E-state index in [1.807, 2.05) is 15.7 Å². The van der Waals surface area contributed by atoms with Crippen LogP contribution in [-0.4, -0.2) is 70.2 Å². The van der Waals surface area contributed by atoms with Crippen LogP contribution in [0.3, 0.4) is 0 Å². The van der Waals surface area contributed by atoms with Gasteiger partial charge >= 0.3 is 0 Å². The van der Waals surface area contributed by atoms with Crippen LogP contribution in [0.4, 0.5) is 0 Å². The zero-order valence-corrected chi connectivity index (χ0v) is 14.3. The molecule has 0 aromatic carbocycles. The lowest BCUT2D eigenvalue weighted by Gasteiger charge is -2.35. The highest BCUT2D eigenvalue weighted by Gasteiger charge is 2.23. The molecule has 1 aliphatic heterocycles. The van der Waals surface area contributed by atoms with Crippen molar-refractivity contribution < 1.29 is 9.90 Å². The summed E-state index contributed by atoms with van der Waals surface area (Å²) >= 11 is 0. The zero-order valence-electron chi connectivity index (χ0n) is 13.4. The minimum Gasteiger partial charge on any atom is -0.395 e. The molecule has 1 aliphatic rings. The molecule has 1 amide bonds. The number of imidazole rings is 1. The van der Waals surface area contributed by atoms with Gasteiger partial charge in [0, 0.05) is 50.9 Å². The third kappa shape index (κ3) is 4.97. The van der Waals surface area contributed by atoms with Gasteiger partial charge in [-0.05, 0) is 26.9 Å². The van der Waals surface area contributed by atoms with Crippen molar-refractivity contribution in [2.24, 2.45) is 0 Å². The second-order valence-corrected chi connectivity index (χ2v) is 5.84. The molecular weight excluding hydrogens is 304 g/mol. The Morgan fingerprint density at radius 3 is 2.68 bits per heavy atom. The molecule has 126 valence electrons. The van der Waals surface area contributed by atoms with Crippen molar-refractivity contribution >= 4 is 18.3 Å². The van der Waals surface area contributed by atoms with E-state index in [9.17, 15) is 4.79 Å². The summed E-state index contributed by atoms with van der Waals surface area (Å²) in [5.74, 6) is 1.09. The van der Waals surface area contributed by atoms with Gasteiger partial charge < -0.3 is 19.5 Å². The second-order valence-electron chi connectivity index (χ2n) is 5.84. The SMILES string of the molecule is CN(C)C1CCN(C(=O)CCc2nccn2CCO)CC1.Cl. The van der Waals surface area contributed by atoms with Crippen LogP contribution >= 0.6 is 12.4 Å². The molecule has 1 N–H and O–H groups in total. The molecule has 1 aromatic rings. The third-order valence-corrected chi connectivity index (χ3v) is 4.25. The number of aliphatic hydroxyl groups is 1. The van der Waals surface area contributed by atoms with Gasteiger partial charge in [-0.1, -0.05) is 0 Å². The number of hydrogen-bond donors (Lipinski definition) is 1. The first kappa shape index (κ1) is 18.9. The highest BCUT2D eigenvalue weighted by atomic mass is 35.5. The highest BCUT2D eigenvalue weighted by Crippen LogP contribution is 2.15. The van der Waals surface area contributed by atoms with Crippen molar-refractivity contribution in [3.05, 3.63) is 18.2 Å². The fraction of sp³-hybridized carbons (Fsp3) is 0.733. The van der Waals surface area contributed by atoms with Crippen molar-refractivity contribution in [1.29, 1.82) is 0 Å². The van der Waals surface area contributed by atoms with Gasteiger partial charge in [-0.2, -0.15) is 0 Å². The quantitative estimate of drug-likeness (QED) is 0.837. The monoisotopic (exact) mass is 330 g/mol. The van der Waals surface area contributed by atoms with E-state index in [-0.39, 0.29) is 24.9 Å². The number of halogens is 1. The summed E-state index contributed by atoms with van der Waals surface area (Å²) < 4.78 is 1.91. The molecule has 0 bridgehead atoms. The number of carbonyl (C=O) groups is 1. The maximum absolute atomic E-state index is 12.3. The molecule has 6 nitrogen and oxygen atoms in total. The number of hydrogen-bond acceptors (Lipinski definition) is 4. The van der Waals surface area contributed by atoms with E-state index < -0.39 is 0 Å². The van der Waals surface area contributed by atoms with E-state index in [1.165, 1.54) is 0 Å². The Balaban J connectivity index is 0.00000242. The van der Waals surface area contributed by atoms with Crippen LogP contribution in [0.15, 0.2) is 12.4 Å². The zero-order chi connectivity index (χ0) is 15.2. The van der Waals surface area contributed by atoms with Crippen LogP contribution < -0.4 is 0 Å². The molecular formula is C15H27ClN4O2. The minimum absolute atomic E-state index is 0. The fourth-order valence-corrected chi connectivity index (χ4v) is 2.89. The highest BCUT2D eigenvalue weighted by molar-refractivity contribution is 5.85. The van der Waals surface area contributed by atoms with Crippen LogP contribution in [0, 0.1) is 0 Å². The predicted octanol–water partition coefficient (Wildman–Crippen LogP) is 0.782. The van der Waals surface area contributed by atoms with E-state index >= 15 is 0 Å². The average molecular weight is 331 g/mol. The van der Waals surface area contributed by atoms with Gasteiger partial charge in [0.1, 0.15) is 5.82 Å². The number of carbonyl (C=O) groups excluding carboxylic acids is 1. The minimum atomic E-state index is 0. The number of aliphatic hydroxyl groups excluding tert-OH is 1. The molecule has 22 heavy (non-hydrogen) atoms. The lowest BCUT2D eigenvalue weighted by atomic mass is 10.0. The number of piperidine rings is 1. The Kier molecular flexibility index (Phi) is 7.85. The summed E-state index contributed by atoms with van der Waals surface area (Å²) in [7, 11) is 4.20. The summed E-state index contributed by atoms with van der Waals surface area (Å²) in [6, 6.07) is 0.595. The maximum atomic E-state index is 12.3. The van der Waals surface area contributed by atoms with Crippen LogP contribution in [0.2, 0.25) is 0 Å². The molecule has 7 heteroatoms. The summed E-state index contributed by atoms with van der Waals surface area (Å²) in [5, 5.41) is 8.99. The van der Waals surface area contributed by atoms with Crippen LogP contribution in [0.5, 0.6) is 0 Å². The molecule has 0 unspecified atom stereocenters. The van der Waals surface area contributed by atoms with E-state index in [1.54, 1.807) is 6.20 Å². The van der Waals surface area contributed by atoms with Crippen LogP contribution in [0.1, 0.15) is 25.1 Å². The van der Waals surface area contributed by atoms with Gasteiger partial charge in [0.2, 0.25) is 5.91 Å². The lowest BCUT2D eigenvalue weighted by Crippen LogP contribution is -2.44. The molecule has 1 fully saturated rings. The van der Waals surface area contributed by atoms with Crippen molar-refractivity contribution in [2.75, 3.05) is 33.8 Å². The fourth-order valence-electron chi connectivity index (χ4n) is 2.89. The van der Waals surface area contributed by atoms with Gasteiger partial charge in [-0.25, -0.2) is 4.98 Å². The van der Waals surface area contributed by atoms with E-state index in [4.69, 9.17) is 5.11 Å². The van der Waals surface area contributed by atoms with Crippen molar-refractivity contribution in [1.82, 2.24) is 19.4 Å². The van der Waals surface area contributed by atoms with Crippen molar-refractivity contribution in [2.45, 2.75) is 38.3 Å². The number of aryl methyl sites for hydroxylation is 1. The molecule has 0 saturated carbocycles. The van der Waals surface area contributed by atoms with Gasteiger partial charge in [0.15, 0.2) is 0 Å². The maximum Gasteiger partial charge on any atom is 0.223 e. The molecule has 2 rings (SSSR count). The van der Waals surface area contributed by atoms with Crippen molar-refractivity contribution in [3.63, 3.8) is 0 Å². The first-order chi connectivity index (χ1) is 10.1. The van der Waals surface area contributed by atoms with Crippen LogP contribution in [-0.2, 0) is 17.8 Å². The first-order valence-electron chi connectivity index (χ1n) is 7.67. The van der Waals surface area contributed by atoms with E-state index in [0.717, 1.165) is 31.8 Å². The number of amides is 1. The number of aromatic nitrogens is 2.